The van der Waals surface area contributed by atoms with Crippen molar-refractivity contribution in [1.29, 1.82) is 0 Å². The van der Waals surface area contributed by atoms with Crippen LogP contribution < -0.4 is 15.6 Å². The SMILES string of the molecule is Cc1cc(=O)c(C(=O)NCc2ccc(N3CCCC3)cc2)nn1-c1cccc(C(F)(F)F)c1. The first kappa shape index (κ1) is 22.6. The zero-order valence-corrected chi connectivity index (χ0v) is 18.0. The quantitative estimate of drug-likeness (QED) is 0.628. The van der Waals surface area contributed by atoms with Crippen LogP contribution in [0.25, 0.3) is 5.69 Å². The lowest BCUT2D eigenvalue weighted by Gasteiger charge is -2.17. The van der Waals surface area contributed by atoms with Gasteiger partial charge in [0, 0.05) is 37.1 Å². The number of halogens is 3. The third kappa shape index (κ3) is 5.08. The number of benzene rings is 2. The zero-order valence-electron chi connectivity index (χ0n) is 18.0. The fraction of sp³-hybridized carbons (Fsp3) is 0.292. The van der Waals surface area contributed by atoms with E-state index in [1.165, 1.54) is 38.0 Å². The summed E-state index contributed by atoms with van der Waals surface area (Å²) in [6, 6.07) is 13.6. The van der Waals surface area contributed by atoms with Crippen LogP contribution in [0, 0.1) is 6.92 Å². The van der Waals surface area contributed by atoms with Gasteiger partial charge in [0.2, 0.25) is 5.43 Å². The Morgan fingerprint density at radius 3 is 2.39 bits per heavy atom. The second-order valence-electron chi connectivity index (χ2n) is 8.00. The Kier molecular flexibility index (Phi) is 6.22. The summed E-state index contributed by atoms with van der Waals surface area (Å²) in [7, 11) is 0. The number of aryl methyl sites for hydroxylation is 1. The van der Waals surface area contributed by atoms with Crippen molar-refractivity contribution in [1.82, 2.24) is 15.1 Å². The van der Waals surface area contributed by atoms with Gasteiger partial charge in [0.1, 0.15) is 0 Å². The topological polar surface area (TPSA) is 67.2 Å². The first-order chi connectivity index (χ1) is 15.7. The van der Waals surface area contributed by atoms with E-state index in [4.69, 9.17) is 0 Å². The summed E-state index contributed by atoms with van der Waals surface area (Å²) in [5.41, 5.74) is 0.582. The number of nitrogens with one attached hydrogen (secondary N) is 1. The lowest BCUT2D eigenvalue weighted by Crippen LogP contribution is -2.31. The molecule has 0 bridgehead atoms. The number of anilines is 1. The Hall–Kier alpha value is -3.62. The fourth-order valence-electron chi connectivity index (χ4n) is 3.85. The number of amides is 1. The number of alkyl halides is 3. The van der Waals surface area contributed by atoms with Crippen molar-refractivity contribution in [3.63, 3.8) is 0 Å². The number of hydrogen-bond donors (Lipinski definition) is 1. The minimum Gasteiger partial charge on any atom is -0.372 e. The van der Waals surface area contributed by atoms with Gasteiger partial charge in [0.25, 0.3) is 5.91 Å². The van der Waals surface area contributed by atoms with Crippen LogP contribution in [-0.4, -0.2) is 28.8 Å². The van der Waals surface area contributed by atoms with E-state index in [2.05, 4.69) is 15.3 Å². The molecule has 33 heavy (non-hydrogen) atoms. The van der Waals surface area contributed by atoms with Crippen molar-refractivity contribution in [3.8, 4) is 5.69 Å². The number of hydrogen-bond acceptors (Lipinski definition) is 4. The molecule has 1 aromatic heterocycles. The molecular weight excluding hydrogens is 433 g/mol. The van der Waals surface area contributed by atoms with Crippen LogP contribution in [0.5, 0.6) is 0 Å². The largest absolute Gasteiger partial charge is 0.416 e. The van der Waals surface area contributed by atoms with E-state index in [-0.39, 0.29) is 17.9 Å². The lowest BCUT2D eigenvalue weighted by molar-refractivity contribution is -0.137. The summed E-state index contributed by atoms with van der Waals surface area (Å²) < 4.78 is 40.4. The minimum absolute atomic E-state index is 0.105. The van der Waals surface area contributed by atoms with Crippen LogP contribution in [0.1, 0.15) is 40.2 Å². The fourth-order valence-corrected chi connectivity index (χ4v) is 3.85. The van der Waals surface area contributed by atoms with Crippen molar-refractivity contribution < 1.29 is 18.0 Å². The van der Waals surface area contributed by atoms with Gasteiger partial charge in [-0.15, -0.1) is 0 Å². The molecule has 9 heteroatoms. The van der Waals surface area contributed by atoms with Gasteiger partial charge in [-0.25, -0.2) is 4.68 Å². The van der Waals surface area contributed by atoms with Crippen molar-refractivity contribution in [2.24, 2.45) is 0 Å². The van der Waals surface area contributed by atoms with Gasteiger partial charge in [-0.3, -0.25) is 9.59 Å². The lowest BCUT2D eigenvalue weighted by atomic mass is 10.2. The van der Waals surface area contributed by atoms with Crippen LogP contribution in [-0.2, 0) is 12.7 Å². The molecule has 0 unspecified atom stereocenters. The average Bonchev–Trinajstić information content (AvgIpc) is 3.32. The number of nitrogens with zero attached hydrogens (tertiary/aromatic N) is 3. The number of aromatic nitrogens is 2. The van der Waals surface area contributed by atoms with E-state index in [0.717, 1.165) is 41.2 Å². The van der Waals surface area contributed by atoms with E-state index in [1.807, 2.05) is 24.3 Å². The third-order valence-electron chi connectivity index (χ3n) is 5.60. The Bertz CT molecular complexity index is 1210. The first-order valence-electron chi connectivity index (χ1n) is 10.6. The molecule has 0 saturated carbocycles. The molecule has 172 valence electrons. The van der Waals surface area contributed by atoms with E-state index >= 15 is 0 Å². The molecule has 1 aliphatic rings. The van der Waals surface area contributed by atoms with Gasteiger partial charge in [-0.05, 0) is 55.7 Å². The molecule has 3 aromatic rings. The van der Waals surface area contributed by atoms with Crippen LogP contribution in [0.15, 0.2) is 59.4 Å². The highest BCUT2D eigenvalue weighted by Gasteiger charge is 2.30. The van der Waals surface area contributed by atoms with Gasteiger partial charge in [-0.1, -0.05) is 18.2 Å². The molecule has 1 N–H and O–H groups in total. The highest BCUT2D eigenvalue weighted by molar-refractivity contribution is 5.92. The van der Waals surface area contributed by atoms with Crippen LogP contribution >= 0.6 is 0 Å². The van der Waals surface area contributed by atoms with Crippen LogP contribution in [0.2, 0.25) is 0 Å². The van der Waals surface area contributed by atoms with E-state index in [1.54, 1.807) is 0 Å². The van der Waals surface area contributed by atoms with Gasteiger partial charge < -0.3 is 10.2 Å². The second kappa shape index (κ2) is 9.09. The molecule has 1 amide bonds. The monoisotopic (exact) mass is 456 g/mol. The van der Waals surface area contributed by atoms with Crippen LogP contribution in [0.3, 0.4) is 0 Å². The molecular formula is C24H23F3N4O2. The number of carbonyl (C=O) groups excluding carboxylic acids is 1. The summed E-state index contributed by atoms with van der Waals surface area (Å²) in [6.45, 7) is 3.80. The highest BCUT2D eigenvalue weighted by atomic mass is 19.4. The summed E-state index contributed by atoms with van der Waals surface area (Å²) in [5, 5.41) is 6.73. The molecule has 0 atom stereocenters. The van der Waals surface area contributed by atoms with Gasteiger partial charge in [0.15, 0.2) is 5.69 Å². The first-order valence-corrected chi connectivity index (χ1v) is 10.6. The molecule has 2 aromatic carbocycles. The number of carbonyl (C=O) groups is 1. The van der Waals surface area contributed by atoms with Crippen molar-refractivity contribution in [3.05, 3.63) is 87.3 Å². The van der Waals surface area contributed by atoms with Crippen molar-refractivity contribution >= 4 is 11.6 Å². The maximum absolute atomic E-state index is 13.1. The third-order valence-corrected chi connectivity index (χ3v) is 5.60. The van der Waals surface area contributed by atoms with Crippen LogP contribution in [0.4, 0.5) is 18.9 Å². The zero-order chi connectivity index (χ0) is 23.6. The maximum atomic E-state index is 13.1. The van der Waals surface area contributed by atoms with E-state index in [9.17, 15) is 22.8 Å². The normalized spacial score (nSPS) is 13.9. The predicted octanol–water partition coefficient (Wildman–Crippen LogP) is 4.09. The molecule has 0 aliphatic carbocycles. The predicted molar refractivity (Wildman–Crippen MR) is 119 cm³/mol. The molecule has 1 aliphatic heterocycles. The molecule has 1 saturated heterocycles. The smallest absolute Gasteiger partial charge is 0.372 e. The van der Waals surface area contributed by atoms with Gasteiger partial charge >= 0.3 is 6.18 Å². The second-order valence-corrected chi connectivity index (χ2v) is 8.00. The summed E-state index contributed by atoms with van der Waals surface area (Å²) in [6.07, 6.45) is -2.16. The minimum atomic E-state index is -4.52. The molecule has 4 rings (SSSR count). The van der Waals surface area contributed by atoms with E-state index in [0.29, 0.717) is 5.69 Å². The average molecular weight is 456 g/mol. The molecule has 0 radical (unpaired) electrons. The van der Waals surface area contributed by atoms with Gasteiger partial charge in [-0.2, -0.15) is 18.3 Å². The van der Waals surface area contributed by atoms with E-state index < -0.39 is 23.1 Å². The molecule has 0 spiro atoms. The Labute approximate surface area is 188 Å². The standard InChI is InChI=1S/C24H23F3N4O2/c1-16-13-21(32)22(29-31(16)20-6-4-5-18(14-20)24(25,26)27)23(33)28-15-17-7-9-19(10-8-17)30-11-2-3-12-30/h4-10,13-14H,2-3,11-12,15H2,1H3,(H,28,33). The summed E-state index contributed by atoms with van der Waals surface area (Å²) in [5.74, 6) is -0.690. The highest BCUT2D eigenvalue weighted by Crippen LogP contribution is 2.30. The molecule has 1 fully saturated rings. The van der Waals surface area contributed by atoms with Crippen molar-refractivity contribution in [2.45, 2.75) is 32.5 Å². The summed E-state index contributed by atoms with van der Waals surface area (Å²) in [4.78, 5) is 27.3. The Morgan fingerprint density at radius 1 is 1.03 bits per heavy atom. The van der Waals surface area contributed by atoms with Gasteiger partial charge in [0.05, 0.1) is 11.3 Å². The summed E-state index contributed by atoms with van der Waals surface area (Å²) >= 11 is 0. The molecule has 2 heterocycles. The Balaban J connectivity index is 1.52. The Morgan fingerprint density at radius 2 is 1.73 bits per heavy atom. The molecule has 6 nitrogen and oxygen atoms in total. The maximum Gasteiger partial charge on any atom is 0.416 e. The number of rotatable bonds is 5. The van der Waals surface area contributed by atoms with Crippen molar-refractivity contribution in [2.75, 3.05) is 18.0 Å².